The second-order valence-corrected chi connectivity index (χ2v) is 5.18. The molecule has 1 fully saturated rings. The zero-order chi connectivity index (χ0) is 15.2. The fraction of sp³-hybridized carbons (Fsp3) is 0.400. The summed E-state index contributed by atoms with van der Waals surface area (Å²) in [7, 11) is 0. The zero-order valence-electron chi connectivity index (χ0n) is 12.1. The maximum atomic E-state index is 12.5. The second-order valence-electron chi connectivity index (χ2n) is 5.18. The van der Waals surface area contributed by atoms with Gasteiger partial charge in [0, 0.05) is 50.0 Å². The van der Waals surface area contributed by atoms with Crippen LogP contribution in [0.1, 0.15) is 16.2 Å². The van der Waals surface area contributed by atoms with Gasteiger partial charge in [0.15, 0.2) is 0 Å². The first-order chi connectivity index (χ1) is 10.8. The van der Waals surface area contributed by atoms with Crippen LogP contribution >= 0.6 is 0 Å². The Kier molecular flexibility index (Phi) is 4.65. The van der Waals surface area contributed by atoms with Crippen LogP contribution in [0.2, 0.25) is 0 Å². The Bertz CT molecular complexity index is 608. The van der Waals surface area contributed by atoms with Gasteiger partial charge in [0.25, 0.3) is 5.91 Å². The highest BCUT2D eigenvalue weighted by Gasteiger charge is 2.24. The number of carbonyl (C=O) groups excluding carboxylic acids is 1. The Morgan fingerprint density at radius 3 is 2.73 bits per heavy atom. The highest BCUT2D eigenvalue weighted by molar-refractivity contribution is 5.91. The van der Waals surface area contributed by atoms with Crippen LogP contribution in [0.15, 0.2) is 37.2 Å². The van der Waals surface area contributed by atoms with E-state index in [4.69, 9.17) is 4.74 Å². The summed E-state index contributed by atoms with van der Waals surface area (Å²) in [5.74, 6) is 0.0857. The van der Waals surface area contributed by atoms with Crippen molar-refractivity contribution in [3.05, 3.63) is 48.6 Å². The van der Waals surface area contributed by atoms with Crippen LogP contribution in [0.3, 0.4) is 0 Å². The van der Waals surface area contributed by atoms with Gasteiger partial charge in [0.1, 0.15) is 5.69 Å². The van der Waals surface area contributed by atoms with Crippen LogP contribution in [0.25, 0.3) is 0 Å². The van der Waals surface area contributed by atoms with Crippen LogP contribution in [0, 0.1) is 5.92 Å². The lowest BCUT2D eigenvalue weighted by molar-refractivity contribution is 0.0731. The molecule has 0 unspecified atom stereocenters. The predicted molar refractivity (Wildman–Crippen MR) is 78.0 cm³/mol. The van der Waals surface area contributed by atoms with Crippen LogP contribution in [-0.4, -0.2) is 57.0 Å². The molecule has 0 spiro atoms. The van der Waals surface area contributed by atoms with E-state index in [0.29, 0.717) is 32.0 Å². The Hall–Kier alpha value is -2.41. The topological polar surface area (TPSA) is 81.1 Å². The largest absolute Gasteiger partial charge is 0.379 e. The normalized spacial score (nSPS) is 18.7. The van der Waals surface area contributed by atoms with Gasteiger partial charge in [-0.15, -0.1) is 0 Å². The SMILES string of the molecule is O=C(c1cnccn1)N1CCOC[C@@H](Cc2cnccn2)C1. The minimum Gasteiger partial charge on any atom is -0.379 e. The van der Waals surface area contributed by atoms with Crippen molar-refractivity contribution in [2.24, 2.45) is 5.92 Å². The molecule has 1 aliphatic heterocycles. The molecule has 22 heavy (non-hydrogen) atoms. The maximum Gasteiger partial charge on any atom is 0.274 e. The molecule has 0 radical (unpaired) electrons. The van der Waals surface area contributed by atoms with Gasteiger partial charge < -0.3 is 9.64 Å². The molecule has 1 aliphatic rings. The predicted octanol–water partition coefficient (Wildman–Crippen LogP) is 0.598. The Labute approximate surface area is 128 Å². The van der Waals surface area contributed by atoms with Crippen molar-refractivity contribution in [3.63, 3.8) is 0 Å². The van der Waals surface area contributed by atoms with Gasteiger partial charge in [-0.1, -0.05) is 0 Å². The van der Waals surface area contributed by atoms with E-state index in [1.807, 2.05) is 0 Å². The van der Waals surface area contributed by atoms with Crippen molar-refractivity contribution in [2.75, 3.05) is 26.3 Å². The summed E-state index contributed by atoms with van der Waals surface area (Å²) < 4.78 is 5.62. The number of hydrogen-bond acceptors (Lipinski definition) is 6. The number of ether oxygens (including phenoxy) is 1. The molecular weight excluding hydrogens is 282 g/mol. The third-order valence-corrected chi connectivity index (χ3v) is 3.52. The highest BCUT2D eigenvalue weighted by Crippen LogP contribution is 2.13. The minimum absolute atomic E-state index is 0.109. The molecule has 0 aromatic carbocycles. The van der Waals surface area contributed by atoms with Gasteiger partial charge in [-0.05, 0) is 6.42 Å². The fourth-order valence-corrected chi connectivity index (χ4v) is 2.49. The monoisotopic (exact) mass is 299 g/mol. The molecule has 3 rings (SSSR count). The molecular formula is C15H17N5O2. The summed E-state index contributed by atoms with van der Waals surface area (Å²) in [6.07, 6.45) is 10.4. The summed E-state index contributed by atoms with van der Waals surface area (Å²) >= 11 is 0. The molecule has 1 saturated heterocycles. The molecule has 3 heterocycles. The van der Waals surface area contributed by atoms with Crippen molar-refractivity contribution in [2.45, 2.75) is 6.42 Å². The fourth-order valence-electron chi connectivity index (χ4n) is 2.49. The number of hydrogen-bond donors (Lipinski definition) is 0. The zero-order valence-corrected chi connectivity index (χ0v) is 12.1. The van der Waals surface area contributed by atoms with E-state index >= 15 is 0 Å². The molecule has 1 amide bonds. The van der Waals surface area contributed by atoms with Crippen molar-refractivity contribution in [1.82, 2.24) is 24.8 Å². The van der Waals surface area contributed by atoms with Crippen LogP contribution < -0.4 is 0 Å². The second kappa shape index (κ2) is 7.04. The molecule has 114 valence electrons. The first-order valence-corrected chi connectivity index (χ1v) is 7.21. The van der Waals surface area contributed by atoms with Crippen molar-refractivity contribution < 1.29 is 9.53 Å². The number of nitrogens with zero attached hydrogens (tertiary/aromatic N) is 5. The van der Waals surface area contributed by atoms with Gasteiger partial charge in [0.05, 0.1) is 25.1 Å². The smallest absolute Gasteiger partial charge is 0.274 e. The molecule has 2 aromatic heterocycles. The Morgan fingerprint density at radius 1 is 1.18 bits per heavy atom. The lowest BCUT2D eigenvalue weighted by Crippen LogP contribution is -2.37. The van der Waals surface area contributed by atoms with Gasteiger partial charge in [-0.3, -0.25) is 19.7 Å². The standard InChI is InChI=1S/C15H17N5O2/c21-15(14-9-17-2-4-19-14)20-5-6-22-11-12(10-20)7-13-8-16-1-3-18-13/h1-4,8-9,12H,5-7,10-11H2/t12-/m0/s1. The maximum absolute atomic E-state index is 12.5. The quantitative estimate of drug-likeness (QED) is 0.825. The van der Waals surface area contributed by atoms with Crippen LogP contribution in [-0.2, 0) is 11.2 Å². The molecule has 0 saturated carbocycles. The van der Waals surface area contributed by atoms with Crippen LogP contribution in [0.5, 0.6) is 0 Å². The van der Waals surface area contributed by atoms with Crippen LogP contribution in [0.4, 0.5) is 0 Å². The van der Waals surface area contributed by atoms with Gasteiger partial charge in [0.2, 0.25) is 0 Å². The summed E-state index contributed by atoms with van der Waals surface area (Å²) in [5.41, 5.74) is 1.27. The van der Waals surface area contributed by atoms with Gasteiger partial charge >= 0.3 is 0 Å². The summed E-state index contributed by atoms with van der Waals surface area (Å²) in [5, 5.41) is 0. The molecule has 0 aliphatic carbocycles. The van der Waals surface area contributed by atoms with Crippen molar-refractivity contribution >= 4 is 5.91 Å². The molecule has 2 aromatic rings. The van der Waals surface area contributed by atoms with E-state index in [2.05, 4.69) is 19.9 Å². The third kappa shape index (κ3) is 3.62. The molecule has 7 nitrogen and oxygen atoms in total. The number of rotatable bonds is 3. The minimum atomic E-state index is -0.109. The van der Waals surface area contributed by atoms with E-state index in [0.717, 1.165) is 12.1 Å². The molecule has 1 atom stereocenters. The first kappa shape index (κ1) is 14.5. The Morgan fingerprint density at radius 2 is 2.00 bits per heavy atom. The van der Waals surface area contributed by atoms with Crippen molar-refractivity contribution in [1.29, 1.82) is 0 Å². The number of amides is 1. The van der Waals surface area contributed by atoms with E-state index in [1.165, 1.54) is 12.4 Å². The van der Waals surface area contributed by atoms with E-state index in [1.54, 1.807) is 29.7 Å². The lowest BCUT2D eigenvalue weighted by Gasteiger charge is -2.22. The average molecular weight is 299 g/mol. The van der Waals surface area contributed by atoms with Gasteiger partial charge in [-0.25, -0.2) is 4.98 Å². The summed E-state index contributed by atoms with van der Waals surface area (Å²) in [6, 6.07) is 0. The molecule has 0 bridgehead atoms. The average Bonchev–Trinajstić information content (AvgIpc) is 2.81. The summed E-state index contributed by atoms with van der Waals surface area (Å²) in [4.78, 5) is 30.7. The van der Waals surface area contributed by atoms with Gasteiger partial charge in [-0.2, -0.15) is 0 Å². The molecule has 0 N–H and O–H groups in total. The number of aromatic nitrogens is 4. The number of carbonyl (C=O) groups is 1. The van der Waals surface area contributed by atoms with E-state index < -0.39 is 0 Å². The van der Waals surface area contributed by atoms with E-state index in [9.17, 15) is 4.79 Å². The summed E-state index contributed by atoms with van der Waals surface area (Å²) in [6.45, 7) is 2.32. The highest BCUT2D eigenvalue weighted by atomic mass is 16.5. The Balaban J connectivity index is 1.69. The molecule has 7 heteroatoms. The first-order valence-electron chi connectivity index (χ1n) is 7.21. The van der Waals surface area contributed by atoms with Crippen molar-refractivity contribution in [3.8, 4) is 0 Å². The third-order valence-electron chi connectivity index (χ3n) is 3.52. The lowest BCUT2D eigenvalue weighted by atomic mass is 10.0. The van der Waals surface area contributed by atoms with E-state index in [-0.39, 0.29) is 11.8 Å².